The predicted octanol–water partition coefficient (Wildman–Crippen LogP) is 8.32. The molecular weight excluding hydrogens is 491 g/mol. The Morgan fingerprint density at radius 1 is 1.03 bits per heavy atom. The zero-order valence-electron chi connectivity index (χ0n) is 22.4. The van der Waals surface area contributed by atoms with E-state index < -0.39 is 12.1 Å². The molecule has 1 aromatic carbocycles. The fraction of sp³-hybridized carbons (Fsp3) is 0.633. The highest BCUT2D eigenvalue weighted by atomic mass is 35.5. The lowest BCUT2D eigenvalue weighted by Gasteiger charge is -2.28. The summed E-state index contributed by atoms with van der Waals surface area (Å²) < 4.78 is 25.3. The van der Waals surface area contributed by atoms with Crippen LogP contribution in [0.3, 0.4) is 0 Å². The third-order valence-electron chi connectivity index (χ3n) is 7.08. The Balaban J connectivity index is 1.41. The van der Waals surface area contributed by atoms with Crippen LogP contribution in [0.5, 0.6) is 5.75 Å². The average molecular weight is 533 g/mol. The van der Waals surface area contributed by atoms with Gasteiger partial charge in [0.2, 0.25) is 0 Å². The second kappa shape index (κ2) is 15.9. The second-order valence-electron chi connectivity index (χ2n) is 10.2. The predicted molar refractivity (Wildman–Crippen MR) is 147 cm³/mol. The number of halogens is 2. The number of carbonyl (C=O) groups excluding carboxylic acids is 1. The molecule has 1 aliphatic rings. The zero-order valence-corrected chi connectivity index (χ0v) is 23.1. The van der Waals surface area contributed by atoms with E-state index in [0.29, 0.717) is 35.5 Å². The minimum absolute atomic E-state index is 0.195. The topological polar surface area (TPSA) is 61.3 Å². The molecule has 3 rings (SSSR count). The molecule has 1 heterocycles. The third-order valence-corrected chi connectivity index (χ3v) is 7.38. The van der Waals surface area contributed by atoms with Gasteiger partial charge in [0.05, 0.1) is 11.6 Å². The van der Waals surface area contributed by atoms with Crippen LogP contribution >= 0.6 is 11.6 Å². The van der Waals surface area contributed by atoms with E-state index in [9.17, 15) is 9.18 Å². The molecule has 0 amide bonds. The van der Waals surface area contributed by atoms with E-state index >= 15 is 0 Å². The molecule has 1 aromatic heterocycles. The van der Waals surface area contributed by atoms with Crippen LogP contribution in [0.15, 0.2) is 30.6 Å². The van der Waals surface area contributed by atoms with Crippen molar-refractivity contribution in [2.45, 2.75) is 110 Å². The Kier molecular flexibility index (Phi) is 12.6. The van der Waals surface area contributed by atoms with Gasteiger partial charge < -0.3 is 9.47 Å². The van der Waals surface area contributed by atoms with Crippen molar-refractivity contribution >= 4 is 17.6 Å². The second-order valence-corrected chi connectivity index (χ2v) is 10.6. The summed E-state index contributed by atoms with van der Waals surface area (Å²) in [6, 6.07) is 5.65. The summed E-state index contributed by atoms with van der Waals surface area (Å²) in [6.45, 7) is 4.75. The van der Waals surface area contributed by atoms with E-state index in [0.717, 1.165) is 49.7 Å². The molecule has 0 N–H and O–H groups in total. The lowest BCUT2D eigenvalue weighted by molar-refractivity contribution is -0.157. The molecule has 37 heavy (non-hydrogen) atoms. The standard InChI is InChI=1S/C30H42ClFN2O3/c1-3-5-7-8-9-10-23-19-33-29(34-20-23)24-14-17-28(26(31)18-24)36-21-22-12-15-25(16-13-22)37-30(35)27(32)11-6-4-2/h14,17-20,22,25,27H,3-13,15-16,21H2,1-2H3/t22?,25?,27-/m0/s1. The minimum Gasteiger partial charge on any atom is -0.492 e. The fourth-order valence-corrected chi connectivity index (χ4v) is 4.92. The summed E-state index contributed by atoms with van der Waals surface area (Å²) in [5.74, 6) is 0.936. The number of ether oxygens (including phenoxy) is 2. The number of aryl methyl sites for hydroxylation is 1. The van der Waals surface area contributed by atoms with Crippen molar-refractivity contribution in [2.24, 2.45) is 5.92 Å². The van der Waals surface area contributed by atoms with Gasteiger partial charge in [0.1, 0.15) is 11.9 Å². The van der Waals surface area contributed by atoms with E-state index in [1.807, 2.05) is 37.5 Å². The number of benzene rings is 1. The number of rotatable bonds is 15. The van der Waals surface area contributed by atoms with Crippen LogP contribution in [0.1, 0.15) is 96.5 Å². The number of esters is 1. The summed E-state index contributed by atoms with van der Waals surface area (Å²) in [5.41, 5.74) is 2.02. The van der Waals surface area contributed by atoms with Crippen molar-refractivity contribution in [1.29, 1.82) is 0 Å². The first kappa shape index (κ1) is 29.3. The highest BCUT2D eigenvalue weighted by molar-refractivity contribution is 6.32. The fourth-order valence-electron chi connectivity index (χ4n) is 4.69. The Labute approximate surface area is 226 Å². The number of aromatic nitrogens is 2. The Hall–Kier alpha value is -2.21. The van der Waals surface area contributed by atoms with Gasteiger partial charge in [-0.2, -0.15) is 0 Å². The number of unbranched alkanes of at least 4 members (excludes halogenated alkanes) is 5. The normalized spacial score (nSPS) is 18.4. The molecule has 5 nitrogen and oxygen atoms in total. The maximum Gasteiger partial charge on any atom is 0.340 e. The number of hydrogen-bond acceptors (Lipinski definition) is 5. The highest BCUT2D eigenvalue weighted by Crippen LogP contribution is 2.32. The van der Waals surface area contributed by atoms with Gasteiger partial charge in [-0.05, 0) is 74.6 Å². The van der Waals surface area contributed by atoms with Crippen LogP contribution in [0.25, 0.3) is 11.4 Å². The van der Waals surface area contributed by atoms with Crippen LogP contribution in [0.4, 0.5) is 4.39 Å². The van der Waals surface area contributed by atoms with Crippen molar-refractivity contribution in [1.82, 2.24) is 9.97 Å². The molecule has 204 valence electrons. The van der Waals surface area contributed by atoms with Crippen LogP contribution in [-0.2, 0) is 16.0 Å². The molecule has 0 saturated heterocycles. The van der Waals surface area contributed by atoms with Crippen molar-refractivity contribution < 1.29 is 18.7 Å². The molecule has 1 atom stereocenters. The number of alkyl halides is 1. The van der Waals surface area contributed by atoms with E-state index in [1.54, 1.807) is 0 Å². The first-order valence-corrected chi connectivity index (χ1v) is 14.5. The first-order chi connectivity index (χ1) is 18.0. The van der Waals surface area contributed by atoms with E-state index in [1.165, 1.54) is 32.1 Å². The van der Waals surface area contributed by atoms with Crippen LogP contribution in [0, 0.1) is 5.92 Å². The number of hydrogen-bond donors (Lipinski definition) is 0. The SMILES string of the molecule is CCCCCCCc1cnc(-c2ccc(OCC3CCC(OC(=O)[C@@H](F)CCCC)CC3)c(Cl)c2)nc1. The summed E-state index contributed by atoms with van der Waals surface area (Å²) in [4.78, 5) is 21.0. The molecule has 0 radical (unpaired) electrons. The van der Waals surface area contributed by atoms with Crippen molar-refractivity contribution in [2.75, 3.05) is 6.61 Å². The third kappa shape index (κ3) is 9.88. The molecule has 2 aromatic rings. The van der Waals surface area contributed by atoms with Gasteiger partial charge in [0, 0.05) is 18.0 Å². The van der Waals surface area contributed by atoms with Gasteiger partial charge in [0.15, 0.2) is 12.0 Å². The van der Waals surface area contributed by atoms with E-state index in [4.69, 9.17) is 21.1 Å². The molecule has 0 aliphatic heterocycles. The van der Waals surface area contributed by atoms with Gasteiger partial charge in [-0.25, -0.2) is 19.2 Å². The smallest absolute Gasteiger partial charge is 0.340 e. The quantitative estimate of drug-likeness (QED) is 0.170. The number of nitrogens with zero attached hydrogens (tertiary/aromatic N) is 2. The molecule has 7 heteroatoms. The van der Waals surface area contributed by atoms with Gasteiger partial charge >= 0.3 is 5.97 Å². The summed E-state index contributed by atoms with van der Waals surface area (Å²) >= 11 is 6.51. The van der Waals surface area contributed by atoms with Crippen LogP contribution < -0.4 is 4.74 Å². The van der Waals surface area contributed by atoms with Crippen LogP contribution in [0.2, 0.25) is 5.02 Å². The molecule has 1 saturated carbocycles. The maximum atomic E-state index is 13.9. The zero-order chi connectivity index (χ0) is 26.5. The Morgan fingerprint density at radius 3 is 2.41 bits per heavy atom. The molecule has 0 bridgehead atoms. The first-order valence-electron chi connectivity index (χ1n) is 14.1. The maximum absolute atomic E-state index is 13.9. The molecule has 0 unspecified atom stereocenters. The lowest BCUT2D eigenvalue weighted by atomic mass is 9.88. The van der Waals surface area contributed by atoms with Crippen molar-refractivity contribution in [3.8, 4) is 17.1 Å². The summed E-state index contributed by atoms with van der Waals surface area (Å²) in [7, 11) is 0. The highest BCUT2D eigenvalue weighted by Gasteiger charge is 2.27. The minimum atomic E-state index is -1.50. The molecule has 1 aliphatic carbocycles. The molecule has 1 fully saturated rings. The van der Waals surface area contributed by atoms with Gasteiger partial charge in [-0.3, -0.25) is 0 Å². The van der Waals surface area contributed by atoms with Gasteiger partial charge in [-0.15, -0.1) is 0 Å². The van der Waals surface area contributed by atoms with Crippen molar-refractivity contribution in [3.63, 3.8) is 0 Å². The summed E-state index contributed by atoms with van der Waals surface area (Å²) in [5, 5.41) is 0.532. The molecular formula is C30H42ClFN2O3. The number of carbonyl (C=O) groups is 1. The largest absolute Gasteiger partial charge is 0.492 e. The Bertz CT molecular complexity index is 948. The Morgan fingerprint density at radius 2 is 1.73 bits per heavy atom. The van der Waals surface area contributed by atoms with E-state index in [2.05, 4.69) is 16.9 Å². The van der Waals surface area contributed by atoms with Gasteiger partial charge in [0.25, 0.3) is 0 Å². The van der Waals surface area contributed by atoms with Crippen molar-refractivity contribution in [3.05, 3.63) is 41.2 Å². The monoisotopic (exact) mass is 532 g/mol. The van der Waals surface area contributed by atoms with Crippen LogP contribution in [-0.4, -0.2) is 34.8 Å². The average Bonchev–Trinajstić information content (AvgIpc) is 2.92. The van der Waals surface area contributed by atoms with E-state index in [-0.39, 0.29) is 12.5 Å². The summed E-state index contributed by atoms with van der Waals surface area (Å²) in [6.07, 6.45) is 14.4. The van der Waals surface area contributed by atoms with Gasteiger partial charge in [-0.1, -0.05) is 64.0 Å². The molecule has 0 spiro atoms. The lowest BCUT2D eigenvalue weighted by Crippen LogP contribution is -2.30.